The van der Waals surface area contributed by atoms with Crippen LogP contribution < -0.4 is 10.2 Å². The second kappa shape index (κ2) is 6.41. The Morgan fingerprint density at radius 3 is 2.50 bits per heavy atom. The summed E-state index contributed by atoms with van der Waals surface area (Å²) in [7, 11) is 2.11. The molecule has 1 aliphatic heterocycles. The molecule has 1 fully saturated rings. The fourth-order valence-electron chi connectivity index (χ4n) is 2.30. The van der Waals surface area contributed by atoms with Gasteiger partial charge >= 0.3 is 0 Å². The van der Waals surface area contributed by atoms with Crippen LogP contribution in [0.25, 0.3) is 0 Å². The third kappa shape index (κ3) is 3.42. The highest BCUT2D eigenvalue weighted by Gasteiger charge is 2.16. The fourth-order valence-corrected chi connectivity index (χ4v) is 3.09. The first-order valence-electron chi connectivity index (χ1n) is 7.24. The van der Waals surface area contributed by atoms with Crippen molar-refractivity contribution in [3.05, 3.63) is 34.3 Å². The van der Waals surface area contributed by atoms with Gasteiger partial charge < -0.3 is 15.1 Å². The monoisotopic (exact) mass is 317 g/mol. The van der Waals surface area contributed by atoms with E-state index in [1.807, 2.05) is 18.4 Å². The molecule has 0 bridgehead atoms. The summed E-state index contributed by atoms with van der Waals surface area (Å²) in [5.41, 5.74) is 1.71. The van der Waals surface area contributed by atoms with Crippen molar-refractivity contribution in [2.75, 3.05) is 43.4 Å². The van der Waals surface area contributed by atoms with Crippen LogP contribution >= 0.6 is 11.3 Å². The van der Waals surface area contributed by atoms with Gasteiger partial charge in [-0.15, -0.1) is 11.3 Å². The number of rotatable bonds is 3. The lowest BCUT2D eigenvalue weighted by Crippen LogP contribution is -2.45. The summed E-state index contributed by atoms with van der Waals surface area (Å²) in [5, 5.41) is 4.79. The third-order valence-electron chi connectivity index (χ3n) is 3.64. The largest absolute Gasteiger partial charge is 0.338 e. The van der Waals surface area contributed by atoms with Gasteiger partial charge in [-0.2, -0.15) is 0 Å². The molecule has 0 spiro atoms. The molecule has 1 amide bonds. The molecular weight excluding hydrogens is 298 g/mol. The zero-order valence-corrected chi connectivity index (χ0v) is 13.6. The average Bonchev–Trinajstić information content (AvgIpc) is 2.96. The summed E-state index contributed by atoms with van der Waals surface area (Å²) < 4.78 is 0. The number of anilines is 2. The molecule has 7 heteroatoms. The van der Waals surface area contributed by atoms with E-state index in [1.54, 1.807) is 12.4 Å². The van der Waals surface area contributed by atoms with E-state index in [9.17, 15) is 4.79 Å². The quantitative estimate of drug-likeness (QED) is 0.936. The minimum absolute atomic E-state index is 0.117. The van der Waals surface area contributed by atoms with Gasteiger partial charge in [-0.3, -0.25) is 4.79 Å². The van der Waals surface area contributed by atoms with E-state index in [1.165, 1.54) is 11.3 Å². The van der Waals surface area contributed by atoms with Crippen LogP contribution in [-0.4, -0.2) is 54.0 Å². The van der Waals surface area contributed by atoms with E-state index in [-0.39, 0.29) is 5.91 Å². The highest BCUT2D eigenvalue weighted by atomic mass is 32.1. The minimum atomic E-state index is -0.117. The molecule has 6 nitrogen and oxygen atoms in total. The Kier molecular flexibility index (Phi) is 4.35. The minimum Gasteiger partial charge on any atom is -0.338 e. The number of piperazine rings is 1. The van der Waals surface area contributed by atoms with Gasteiger partial charge in [0.05, 0.1) is 23.0 Å². The van der Waals surface area contributed by atoms with E-state index in [0.29, 0.717) is 10.6 Å². The van der Waals surface area contributed by atoms with Gasteiger partial charge in [0.25, 0.3) is 5.91 Å². The predicted octanol–water partition coefficient (Wildman–Crippen LogP) is 1.85. The van der Waals surface area contributed by atoms with Crippen molar-refractivity contribution in [2.24, 2.45) is 0 Å². The zero-order valence-electron chi connectivity index (χ0n) is 12.7. The molecule has 2 aromatic rings. The standard InChI is InChI=1S/C15H19N5OS/c1-11-7-13(22-10-11)14(21)18-12-8-16-15(17-9-12)20-5-3-19(2)4-6-20/h7-10H,3-6H2,1-2H3,(H,18,21). The Morgan fingerprint density at radius 2 is 1.91 bits per heavy atom. The number of carbonyl (C=O) groups is 1. The Labute approximate surface area is 133 Å². The van der Waals surface area contributed by atoms with Crippen LogP contribution in [0, 0.1) is 6.92 Å². The van der Waals surface area contributed by atoms with Crippen molar-refractivity contribution in [2.45, 2.75) is 6.92 Å². The highest BCUT2D eigenvalue weighted by Crippen LogP contribution is 2.17. The van der Waals surface area contributed by atoms with Crippen LogP contribution in [-0.2, 0) is 0 Å². The topological polar surface area (TPSA) is 61.4 Å². The number of nitrogens with zero attached hydrogens (tertiary/aromatic N) is 4. The Morgan fingerprint density at radius 1 is 1.23 bits per heavy atom. The molecule has 1 saturated heterocycles. The lowest BCUT2D eigenvalue weighted by Gasteiger charge is -2.32. The molecule has 3 heterocycles. The van der Waals surface area contributed by atoms with Crippen molar-refractivity contribution in [3.8, 4) is 0 Å². The maximum absolute atomic E-state index is 12.1. The fraction of sp³-hybridized carbons (Fsp3) is 0.400. The van der Waals surface area contributed by atoms with Gasteiger partial charge in [-0.25, -0.2) is 9.97 Å². The van der Waals surface area contributed by atoms with Gasteiger partial charge in [0, 0.05) is 26.2 Å². The number of hydrogen-bond donors (Lipinski definition) is 1. The van der Waals surface area contributed by atoms with Crippen LogP contribution in [0.1, 0.15) is 15.2 Å². The summed E-state index contributed by atoms with van der Waals surface area (Å²) in [5.74, 6) is 0.604. The van der Waals surface area contributed by atoms with Crippen LogP contribution in [0.15, 0.2) is 23.8 Å². The number of hydrogen-bond acceptors (Lipinski definition) is 6. The van der Waals surface area contributed by atoms with Crippen molar-refractivity contribution >= 4 is 28.9 Å². The molecule has 1 aliphatic rings. The second-order valence-electron chi connectivity index (χ2n) is 5.50. The van der Waals surface area contributed by atoms with E-state index in [0.717, 1.165) is 37.7 Å². The third-order valence-corrected chi connectivity index (χ3v) is 4.68. The number of nitrogens with one attached hydrogen (secondary N) is 1. The molecule has 0 aromatic carbocycles. The van der Waals surface area contributed by atoms with Crippen molar-refractivity contribution in [1.82, 2.24) is 14.9 Å². The van der Waals surface area contributed by atoms with Crippen molar-refractivity contribution in [3.63, 3.8) is 0 Å². The molecule has 0 saturated carbocycles. The van der Waals surface area contributed by atoms with Gasteiger partial charge in [-0.1, -0.05) is 0 Å². The first-order chi connectivity index (χ1) is 10.6. The maximum Gasteiger partial charge on any atom is 0.265 e. The van der Waals surface area contributed by atoms with Crippen LogP contribution in [0.5, 0.6) is 0 Å². The molecule has 0 unspecified atom stereocenters. The lowest BCUT2D eigenvalue weighted by atomic mass is 10.3. The van der Waals surface area contributed by atoms with Crippen LogP contribution in [0.4, 0.5) is 11.6 Å². The number of thiophene rings is 1. The number of amides is 1. The summed E-state index contributed by atoms with van der Waals surface area (Å²) >= 11 is 1.44. The normalized spacial score (nSPS) is 15.8. The number of aromatic nitrogens is 2. The smallest absolute Gasteiger partial charge is 0.265 e. The molecule has 22 heavy (non-hydrogen) atoms. The summed E-state index contributed by atoms with van der Waals surface area (Å²) in [6, 6.07) is 1.87. The number of aryl methyl sites for hydroxylation is 1. The van der Waals surface area contributed by atoms with E-state index < -0.39 is 0 Å². The number of carbonyl (C=O) groups excluding carboxylic acids is 1. The molecule has 0 atom stereocenters. The first kappa shape index (κ1) is 14.9. The number of likely N-dealkylation sites (N-methyl/N-ethyl adjacent to an activating group) is 1. The molecule has 1 N–H and O–H groups in total. The SMILES string of the molecule is Cc1csc(C(=O)Nc2cnc(N3CCN(C)CC3)nc2)c1. The first-order valence-corrected chi connectivity index (χ1v) is 8.12. The molecule has 2 aromatic heterocycles. The van der Waals surface area contributed by atoms with Crippen LogP contribution in [0.3, 0.4) is 0 Å². The summed E-state index contributed by atoms with van der Waals surface area (Å²) in [4.78, 5) is 25.9. The summed E-state index contributed by atoms with van der Waals surface area (Å²) in [6.07, 6.45) is 3.33. The molecule has 116 valence electrons. The average molecular weight is 317 g/mol. The van der Waals surface area contributed by atoms with E-state index in [4.69, 9.17) is 0 Å². The summed E-state index contributed by atoms with van der Waals surface area (Å²) in [6.45, 7) is 5.85. The van der Waals surface area contributed by atoms with E-state index >= 15 is 0 Å². The maximum atomic E-state index is 12.1. The second-order valence-corrected chi connectivity index (χ2v) is 6.42. The van der Waals surface area contributed by atoms with Crippen molar-refractivity contribution < 1.29 is 4.79 Å². The van der Waals surface area contributed by atoms with Gasteiger partial charge in [0.1, 0.15) is 0 Å². The highest BCUT2D eigenvalue weighted by molar-refractivity contribution is 7.12. The molecular formula is C15H19N5OS. The molecule has 3 rings (SSSR count). The van der Waals surface area contributed by atoms with E-state index in [2.05, 4.69) is 32.1 Å². The predicted molar refractivity (Wildman–Crippen MR) is 88.8 cm³/mol. The van der Waals surface area contributed by atoms with Gasteiger partial charge in [0.15, 0.2) is 0 Å². The Balaban J connectivity index is 1.63. The van der Waals surface area contributed by atoms with Gasteiger partial charge in [-0.05, 0) is 31.0 Å². The lowest BCUT2D eigenvalue weighted by molar-refractivity contribution is 0.103. The van der Waals surface area contributed by atoms with Crippen LogP contribution in [0.2, 0.25) is 0 Å². The Bertz CT molecular complexity index is 646. The van der Waals surface area contributed by atoms with Gasteiger partial charge in [0.2, 0.25) is 5.95 Å². The van der Waals surface area contributed by atoms with Crippen molar-refractivity contribution in [1.29, 1.82) is 0 Å². The molecule has 0 radical (unpaired) electrons. The Hall–Kier alpha value is -1.99. The molecule has 0 aliphatic carbocycles. The zero-order chi connectivity index (χ0) is 15.5.